The molecule has 0 saturated carbocycles. The minimum absolute atomic E-state index is 0.139. The molecule has 2 N–H and O–H groups in total. The van der Waals surface area contributed by atoms with E-state index in [0.29, 0.717) is 31.7 Å². The summed E-state index contributed by atoms with van der Waals surface area (Å²) in [6, 6.07) is 10.9. The van der Waals surface area contributed by atoms with Gasteiger partial charge < -0.3 is 10.1 Å². The molecule has 2 rings (SSSR count). The number of anilines is 1. The predicted molar refractivity (Wildman–Crippen MR) is 107 cm³/mol. The third-order valence-electron chi connectivity index (χ3n) is 3.76. The Hall–Kier alpha value is -2.09. The van der Waals surface area contributed by atoms with Gasteiger partial charge in [0.25, 0.3) is 15.9 Å². The minimum Gasteiger partial charge on any atom is -0.382 e. The van der Waals surface area contributed by atoms with Crippen LogP contribution in [0, 0.1) is 6.92 Å². The van der Waals surface area contributed by atoms with E-state index in [1.165, 1.54) is 30.3 Å². The summed E-state index contributed by atoms with van der Waals surface area (Å²) in [5.74, 6) is -0.277. The van der Waals surface area contributed by atoms with E-state index in [4.69, 9.17) is 16.3 Å². The van der Waals surface area contributed by atoms with E-state index in [1.807, 2.05) is 13.8 Å². The first-order valence-corrected chi connectivity index (χ1v) is 10.4. The van der Waals surface area contributed by atoms with Crippen molar-refractivity contribution in [3.8, 4) is 0 Å². The van der Waals surface area contributed by atoms with Crippen LogP contribution in [0.3, 0.4) is 0 Å². The summed E-state index contributed by atoms with van der Waals surface area (Å²) in [4.78, 5) is 12.3. The van der Waals surface area contributed by atoms with Gasteiger partial charge in [0.1, 0.15) is 0 Å². The second-order valence-electron chi connectivity index (χ2n) is 5.92. The fourth-order valence-electron chi connectivity index (χ4n) is 2.28. The molecule has 2 aromatic carbocycles. The second kappa shape index (κ2) is 9.73. The van der Waals surface area contributed by atoms with Gasteiger partial charge in [0.05, 0.1) is 15.6 Å². The second-order valence-corrected chi connectivity index (χ2v) is 8.01. The van der Waals surface area contributed by atoms with Crippen LogP contribution in [0.4, 0.5) is 5.69 Å². The molecule has 0 unspecified atom stereocenters. The van der Waals surface area contributed by atoms with Crippen LogP contribution in [0.1, 0.15) is 29.3 Å². The molecule has 0 spiro atoms. The number of halogens is 1. The largest absolute Gasteiger partial charge is 0.382 e. The number of rotatable bonds is 9. The van der Waals surface area contributed by atoms with E-state index in [-0.39, 0.29) is 21.5 Å². The molecule has 0 aliphatic carbocycles. The highest BCUT2D eigenvalue weighted by Crippen LogP contribution is 2.26. The fourth-order valence-corrected chi connectivity index (χ4v) is 3.65. The van der Waals surface area contributed by atoms with Crippen molar-refractivity contribution in [2.45, 2.75) is 25.2 Å². The van der Waals surface area contributed by atoms with E-state index < -0.39 is 10.0 Å². The summed E-state index contributed by atoms with van der Waals surface area (Å²) in [7, 11) is -3.76. The number of carbonyl (C=O) groups is 1. The molecule has 27 heavy (non-hydrogen) atoms. The third kappa shape index (κ3) is 6.23. The van der Waals surface area contributed by atoms with Gasteiger partial charge >= 0.3 is 0 Å². The summed E-state index contributed by atoms with van der Waals surface area (Å²) < 4.78 is 32.6. The number of hydrogen-bond acceptors (Lipinski definition) is 4. The van der Waals surface area contributed by atoms with E-state index >= 15 is 0 Å². The summed E-state index contributed by atoms with van der Waals surface area (Å²) in [6.45, 7) is 5.50. The lowest BCUT2D eigenvalue weighted by molar-refractivity contribution is 0.0944. The molecule has 0 aliphatic rings. The zero-order valence-corrected chi connectivity index (χ0v) is 16.9. The Labute approximate surface area is 164 Å². The van der Waals surface area contributed by atoms with Crippen LogP contribution in [0.15, 0.2) is 47.4 Å². The molecule has 0 bridgehead atoms. The van der Waals surface area contributed by atoms with E-state index in [9.17, 15) is 13.2 Å². The highest BCUT2D eigenvalue weighted by atomic mass is 35.5. The summed E-state index contributed by atoms with van der Waals surface area (Å²) in [5, 5.41) is 2.91. The number of ether oxygens (including phenoxy) is 1. The molecule has 8 heteroatoms. The molecular formula is C19H23ClN2O4S. The zero-order chi connectivity index (χ0) is 19.9. The number of amides is 1. The molecule has 0 atom stereocenters. The van der Waals surface area contributed by atoms with Gasteiger partial charge in [-0.25, -0.2) is 8.42 Å². The van der Waals surface area contributed by atoms with E-state index in [2.05, 4.69) is 10.0 Å². The molecule has 0 saturated heterocycles. The monoisotopic (exact) mass is 410 g/mol. The van der Waals surface area contributed by atoms with Crippen molar-refractivity contribution >= 4 is 33.2 Å². The van der Waals surface area contributed by atoms with E-state index in [1.54, 1.807) is 12.1 Å². The van der Waals surface area contributed by atoms with Crippen molar-refractivity contribution in [2.75, 3.05) is 24.5 Å². The van der Waals surface area contributed by atoms with Crippen LogP contribution in [0.2, 0.25) is 5.02 Å². The molecule has 0 aromatic heterocycles. The Bertz CT molecular complexity index is 883. The molecule has 0 heterocycles. The Morgan fingerprint density at radius 2 is 1.85 bits per heavy atom. The maximum absolute atomic E-state index is 12.5. The zero-order valence-electron chi connectivity index (χ0n) is 15.3. The van der Waals surface area contributed by atoms with Gasteiger partial charge in [0.15, 0.2) is 0 Å². The van der Waals surface area contributed by atoms with Crippen LogP contribution < -0.4 is 10.0 Å². The van der Waals surface area contributed by atoms with Crippen molar-refractivity contribution in [2.24, 2.45) is 0 Å². The van der Waals surface area contributed by atoms with Gasteiger partial charge in [-0.05, 0) is 50.6 Å². The number of hydrogen-bond donors (Lipinski definition) is 2. The Morgan fingerprint density at radius 3 is 2.48 bits per heavy atom. The van der Waals surface area contributed by atoms with Gasteiger partial charge in [-0.1, -0.05) is 29.3 Å². The highest BCUT2D eigenvalue weighted by molar-refractivity contribution is 7.92. The maximum atomic E-state index is 12.5. The number of sulfonamides is 1. The molecule has 0 aliphatic heterocycles. The van der Waals surface area contributed by atoms with Gasteiger partial charge in [-0.2, -0.15) is 0 Å². The molecular weight excluding hydrogens is 388 g/mol. The minimum atomic E-state index is -3.76. The summed E-state index contributed by atoms with van der Waals surface area (Å²) >= 11 is 6.17. The average molecular weight is 411 g/mol. The Kier molecular flexibility index (Phi) is 7.65. The van der Waals surface area contributed by atoms with Crippen LogP contribution in [-0.2, 0) is 14.8 Å². The van der Waals surface area contributed by atoms with Crippen LogP contribution in [0.25, 0.3) is 0 Å². The first-order chi connectivity index (χ1) is 12.8. The number of nitrogens with one attached hydrogen (secondary N) is 2. The van der Waals surface area contributed by atoms with Crippen molar-refractivity contribution in [3.05, 3.63) is 58.6 Å². The lowest BCUT2D eigenvalue weighted by Gasteiger charge is -2.11. The topological polar surface area (TPSA) is 84.5 Å². The van der Waals surface area contributed by atoms with Gasteiger partial charge in [0.2, 0.25) is 0 Å². The van der Waals surface area contributed by atoms with Crippen molar-refractivity contribution in [1.29, 1.82) is 0 Å². The molecule has 0 fully saturated rings. The Morgan fingerprint density at radius 1 is 1.15 bits per heavy atom. The van der Waals surface area contributed by atoms with E-state index in [0.717, 1.165) is 5.56 Å². The van der Waals surface area contributed by atoms with Gasteiger partial charge in [-0.15, -0.1) is 0 Å². The lowest BCUT2D eigenvalue weighted by Crippen LogP contribution is -2.25. The SMILES string of the molecule is CCOCCCNC(=O)c1ccc(NS(=O)(=O)c2ccc(C)cc2)c(Cl)c1. The standard InChI is InChI=1S/C19H23ClN2O4S/c1-3-26-12-4-11-21-19(23)15-7-10-18(17(20)13-15)22-27(24,25)16-8-5-14(2)6-9-16/h5-10,13,22H,3-4,11-12H2,1-2H3,(H,21,23). The quantitative estimate of drug-likeness (QED) is 0.618. The number of benzene rings is 2. The van der Waals surface area contributed by atoms with Gasteiger partial charge in [0, 0.05) is 25.3 Å². The van der Waals surface area contributed by atoms with Gasteiger partial charge in [-0.3, -0.25) is 9.52 Å². The number of aryl methyl sites for hydroxylation is 1. The first-order valence-electron chi connectivity index (χ1n) is 8.58. The van der Waals surface area contributed by atoms with Crippen molar-refractivity contribution in [3.63, 3.8) is 0 Å². The third-order valence-corrected chi connectivity index (χ3v) is 5.46. The van der Waals surface area contributed by atoms with Crippen molar-refractivity contribution in [1.82, 2.24) is 5.32 Å². The summed E-state index contributed by atoms with van der Waals surface area (Å²) in [5.41, 5.74) is 1.53. The molecule has 146 valence electrons. The lowest BCUT2D eigenvalue weighted by atomic mass is 10.2. The number of carbonyl (C=O) groups excluding carboxylic acids is 1. The Balaban J connectivity index is 2.03. The predicted octanol–water partition coefficient (Wildman–Crippen LogP) is 3.61. The molecule has 0 radical (unpaired) electrons. The van der Waals surface area contributed by atoms with Crippen LogP contribution >= 0.6 is 11.6 Å². The molecule has 6 nitrogen and oxygen atoms in total. The summed E-state index contributed by atoms with van der Waals surface area (Å²) in [6.07, 6.45) is 0.710. The smallest absolute Gasteiger partial charge is 0.261 e. The average Bonchev–Trinajstić information content (AvgIpc) is 2.63. The normalized spacial score (nSPS) is 11.2. The highest BCUT2D eigenvalue weighted by Gasteiger charge is 2.16. The fraction of sp³-hybridized carbons (Fsp3) is 0.316. The van der Waals surface area contributed by atoms with Crippen LogP contribution in [-0.4, -0.2) is 34.1 Å². The first kappa shape index (κ1) is 21.2. The molecule has 1 amide bonds. The van der Waals surface area contributed by atoms with Crippen molar-refractivity contribution < 1.29 is 17.9 Å². The van der Waals surface area contributed by atoms with Crippen LogP contribution in [0.5, 0.6) is 0 Å². The maximum Gasteiger partial charge on any atom is 0.261 e. The molecule has 2 aromatic rings.